The van der Waals surface area contributed by atoms with Gasteiger partial charge in [-0.25, -0.2) is 0 Å². The van der Waals surface area contributed by atoms with Gasteiger partial charge in [0.15, 0.2) is 0 Å². The van der Waals surface area contributed by atoms with Crippen molar-refractivity contribution in [2.24, 2.45) is 0 Å². The second-order valence-electron chi connectivity index (χ2n) is 15.6. The molecule has 2 aliphatic rings. The first-order valence-electron chi connectivity index (χ1n) is 20.4. The third-order valence-corrected chi connectivity index (χ3v) is 25.7. The van der Waals surface area contributed by atoms with Crippen molar-refractivity contribution in [3.63, 3.8) is 0 Å². The molecule has 0 bridgehead atoms. The summed E-state index contributed by atoms with van der Waals surface area (Å²) in [6.07, 6.45) is 9.82. The minimum absolute atomic E-state index is 0.0374. The predicted molar refractivity (Wildman–Crippen MR) is 236 cm³/mol. The monoisotopic (exact) mass is 778 g/mol. The van der Waals surface area contributed by atoms with Gasteiger partial charge >= 0.3 is 334 Å². The zero-order chi connectivity index (χ0) is 38.4. The first kappa shape index (κ1) is 38.0. The van der Waals surface area contributed by atoms with Gasteiger partial charge in [-0.3, -0.25) is 0 Å². The molecular weight excluding hydrogens is 726 g/mol. The Morgan fingerprint density at radius 1 is 0.321 bits per heavy atom. The molecule has 0 N–H and O–H groups in total. The summed E-state index contributed by atoms with van der Waals surface area (Å²) >= 11 is 0. The fraction of sp³-hybridized carbons (Fsp3) is 0.240. The minimum atomic E-state index is -4.26. The summed E-state index contributed by atoms with van der Waals surface area (Å²) in [7, 11) is 0. The van der Waals surface area contributed by atoms with E-state index in [4.69, 9.17) is 9.05 Å². The Bertz CT molecular complexity index is 1860. The SMILES string of the molecule is O=C(OP(c1ccccc1)(c1ccccc1)(c1ccccc1)C1CCCCC1)C(=O)OP(c1ccccc1)(c1ccccc1)(c1ccccc1)C1CCCCC1. The van der Waals surface area contributed by atoms with Crippen molar-refractivity contribution in [2.45, 2.75) is 75.5 Å². The summed E-state index contributed by atoms with van der Waals surface area (Å²) in [6, 6.07) is 61.9. The molecular formula is C50H52O4P2. The molecule has 0 atom stereocenters. The van der Waals surface area contributed by atoms with Crippen LogP contribution in [-0.2, 0) is 18.6 Å². The van der Waals surface area contributed by atoms with E-state index < -0.39 is 25.6 Å². The van der Waals surface area contributed by atoms with E-state index in [1.165, 1.54) is 0 Å². The van der Waals surface area contributed by atoms with E-state index in [0.29, 0.717) is 0 Å². The molecule has 2 saturated carbocycles. The van der Waals surface area contributed by atoms with Crippen LogP contribution in [-0.4, -0.2) is 23.3 Å². The van der Waals surface area contributed by atoms with Crippen molar-refractivity contribution in [3.8, 4) is 0 Å². The van der Waals surface area contributed by atoms with Crippen molar-refractivity contribution in [2.75, 3.05) is 0 Å². The molecule has 0 heterocycles. The molecule has 0 spiro atoms. The van der Waals surface area contributed by atoms with Crippen LogP contribution in [0.15, 0.2) is 182 Å². The van der Waals surface area contributed by atoms with E-state index in [1.807, 2.05) is 109 Å². The van der Waals surface area contributed by atoms with E-state index in [9.17, 15) is 0 Å². The van der Waals surface area contributed by atoms with E-state index in [-0.39, 0.29) is 11.3 Å². The normalized spacial score (nSPS) is 17.0. The van der Waals surface area contributed by atoms with Gasteiger partial charge in [-0.2, -0.15) is 0 Å². The zero-order valence-corrected chi connectivity index (χ0v) is 33.9. The molecule has 0 aliphatic heterocycles. The van der Waals surface area contributed by atoms with Crippen molar-refractivity contribution in [3.05, 3.63) is 182 Å². The van der Waals surface area contributed by atoms with Gasteiger partial charge in [-0.15, -0.1) is 0 Å². The molecule has 6 aromatic carbocycles. The molecule has 0 amide bonds. The molecule has 56 heavy (non-hydrogen) atoms. The molecule has 8 rings (SSSR count). The summed E-state index contributed by atoms with van der Waals surface area (Å²) in [4.78, 5) is 31.4. The summed E-state index contributed by atoms with van der Waals surface area (Å²) in [5.41, 5.74) is -0.0747. The van der Waals surface area contributed by atoms with Crippen LogP contribution in [0.2, 0.25) is 0 Å². The van der Waals surface area contributed by atoms with Gasteiger partial charge in [0.05, 0.1) is 0 Å². The topological polar surface area (TPSA) is 52.6 Å². The molecule has 0 radical (unpaired) electrons. The number of carbonyl (C=O) groups excluding carboxylic acids is 2. The van der Waals surface area contributed by atoms with Gasteiger partial charge in [0, 0.05) is 0 Å². The van der Waals surface area contributed by atoms with Crippen LogP contribution < -0.4 is 31.8 Å². The van der Waals surface area contributed by atoms with Crippen molar-refractivity contribution < 1.29 is 18.6 Å². The summed E-state index contributed by atoms with van der Waals surface area (Å²) in [5.74, 6) is -1.87. The number of carbonyl (C=O) groups is 2. The third kappa shape index (κ3) is 5.88. The van der Waals surface area contributed by atoms with Gasteiger partial charge in [-0.05, 0) is 0 Å². The van der Waals surface area contributed by atoms with Crippen molar-refractivity contribution >= 4 is 57.4 Å². The maximum absolute atomic E-state index is 15.7. The number of benzene rings is 6. The number of hydrogen-bond acceptors (Lipinski definition) is 4. The van der Waals surface area contributed by atoms with Crippen LogP contribution >= 0.6 is 13.7 Å². The summed E-state index contributed by atoms with van der Waals surface area (Å²) < 4.78 is 15.0. The van der Waals surface area contributed by atoms with Crippen molar-refractivity contribution in [1.29, 1.82) is 0 Å². The fourth-order valence-corrected chi connectivity index (χ4v) is 23.9. The Morgan fingerprint density at radius 3 is 0.714 bits per heavy atom. The maximum atomic E-state index is 15.7. The summed E-state index contributed by atoms with van der Waals surface area (Å²) in [6.45, 7) is -8.52. The van der Waals surface area contributed by atoms with Crippen molar-refractivity contribution in [1.82, 2.24) is 0 Å². The molecule has 6 aromatic rings. The molecule has 2 aliphatic carbocycles. The van der Waals surface area contributed by atoms with E-state index in [2.05, 4.69) is 72.8 Å². The molecule has 0 saturated heterocycles. The van der Waals surface area contributed by atoms with E-state index >= 15 is 9.59 Å². The Morgan fingerprint density at radius 2 is 0.518 bits per heavy atom. The molecule has 286 valence electrons. The molecule has 2 fully saturated rings. The van der Waals surface area contributed by atoms with Gasteiger partial charge in [0.1, 0.15) is 0 Å². The van der Waals surface area contributed by atoms with Crippen LogP contribution in [0.3, 0.4) is 0 Å². The Kier molecular flexibility index (Phi) is 10.8. The van der Waals surface area contributed by atoms with Crippen LogP contribution in [0.1, 0.15) is 64.2 Å². The average Bonchev–Trinajstić information content (AvgIpc) is 3.30. The molecule has 0 unspecified atom stereocenters. The van der Waals surface area contributed by atoms with Gasteiger partial charge in [0.25, 0.3) is 0 Å². The van der Waals surface area contributed by atoms with Gasteiger partial charge in [0.2, 0.25) is 0 Å². The average molecular weight is 779 g/mol. The van der Waals surface area contributed by atoms with Crippen LogP contribution in [0.5, 0.6) is 0 Å². The quantitative estimate of drug-likeness (QED) is 0.103. The Labute approximate surface area is 332 Å². The Balaban J connectivity index is 1.41. The fourth-order valence-electron chi connectivity index (χ4n) is 10.5. The van der Waals surface area contributed by atoms with Crippen LogP contribution in [0.25, 0.3) is 0 Å². The number of rotatable bonds is 10. The van der Waals surface area contributed by atoms with E-state index in [1.54, 1.807) is 0 Å². The predicted octanol–water partition coefficient (Wildman–Crippen LogP) is 9.63. The zero-order valence-electron chi connectivity index (χ0n) is 32.1. The molecule has 4 nitrogen and oxygen atoms in total. The molecule has 0 aromatic heterocycles. The van der Waals surface area contributed by atoms with Crippen LogP contribution in [0.4, 0.5) is 0 Å². The van der Waals surface area contributed by atoms with Gasteiger partial charge < -0.3 is 0 Å². The van der Waals surface area contributed by atoms with Gasteiger partial charge in [-0.1, -0.05) is 0 Å². The third-order valence-electron chi connectivity index (χ3n) is 12.9. The Hall–Kier alpha value is -4.88. The summed E-state index contributed by atoms with van der Waals surface area (Å²) in [5, 5.41) is 5.68. The molecule has 6 heteroatoms. The number of hydrogen-bond donors (Lipinski definition) is 0. The first-order chi connectivity index (χ1) is 27.5. The first-order valence-corrected chi connectivity index (χ1v) is 24.8. The standard InChI is InChI=1S/C50H52O4P2/c51-49(53-55(41-25-9-1-10-26-41,42-27-11-2-12-28-42,43-29-13-3-14-30-43)44-31-15-4-16-32-44)50(52)54-56(45-33-17-5-18-34-45,46-35-19-6-20-36-46,47-37-21-7-22-38-47)48-39-23-8-24-40-48/h1-3,5-7,9-14,17-22,25-30,33-38,44,48H,4,8,15-16,23-24,31-32,39-40H2. The second kappa shape index (κ2) is 15.9. The van der Waals surface area contributed by atoms with Crippen LogP contribution in [0, 0.1) is 0 Å². The van der Waals surface area contributed by atoms with E-state index in [0.717, 1.165) is 96.0 Å². The second-order valence-corrected chi connectivity index (χ2v) is 24.9.